The zero-order valence-electron chi connectivity index (χ0n) is 10.7. The molecule has 1 aromatic rings. The summed E-state index contributed by atoms with van der Waals surface area (Å²) in [6.45, 7) is 7.34. The van der Waals surface area contributed by atoms with E-state index < -0.39 is 11.8 Å². The lowest BCUT2D eigenvalue weighted by Crippen LogP contribution is -2.23. The van der Waals surface area contributed by atoms with E-state index >= 15 is 0 Å². The number of rotatable bonds is 4. The summed E-state index contributed by atoms with van der Waals surface area (Å²) in [7, 11) is 0. The molecule has 1 rings (SSSR count). The summed E-state index contributed by atoms with van der Waals surface area (Å²) in [5.74, 6) is -1.24. The smallest absolute Gasteiger partial charge is 0.375 e. The molecule has 0 spiro atoms. The Balaban J connectivity index is 2.74. The van der Waals surface area contributed by atoms with E-state index in [0.29, 0.717) is 0 Å². The highest BCUT2D eigenvalue weighted by molar-refractivity contribution is 6.34. The molecule has 3 nitrogen and oxygen atoms in total. The Labute approximate surface area is 102 Å². The van der Waals surface area contributed by atoms with E-state index in [1.807, 2.05) is 32.0 Å². The second kappa shape index (κ2) is 5.62. The van der Waals surface area contributed by atoms with Gasteiger partial charge in [-0.15, -0.1) is 0 Å². The highest BCUT2D eigenvalue weighted by Crippen LogP contribution is 2.12. The van der Waals surface area contributed by atoms with E-state index in [4.69, 9.17) is 4.74 Å². The van der Waals surface area contributed by atoms with Crippen LogP contribution in [0.25, 0.3) is 0 Å². The van der Waals surface area contributed by atoms with Crippen molar-refractivity contribution in [2.45, 2.75) is 40.2 Å². The van der Waals surface area contributed by atoms with Crippen LogP contribution in [0.2, 0.25) is 0 Å². The maximum Gasteiger partial charge on any atom is 0.375 e. The molecule has 0 N–H and O–H groups in total. The van der Waals surface area contributed by atoms with Crippen molar-refractivity contribution in [3.8, 4) is 0 Å². The first-order chi connectivity index (χ1) is 7.90. The molecule has 1 aromatic carbocycles. The van der Waals surface area contributed by atoms with Gasteiger partial charge < -0.3 is 4.74 Å². The Hall–Kier alpha value is -1.64. The number of hydrogen-bond donors (Lipinski definition) is 0. The van der Waals surface area contributed by atoms with Crippen molar-refractivity contribution >= 4 is 11.8 Å². The zero-order valence-corrected chi connectivity index (χ0v) is 10.7. The number of aryl methyl sites for hydroxylation is 2. The highest BCUT2D eigenvalue weighted by atomic mass is 16.5. The minimum Gasteiger partial charge on any atom is -0.457 e. The molecule has 0 heterocycles. The van der Waals surface area contributed by atoms with Gasteiger partial charge in [0.05, 0.1) is 6.10 Å². The minimum atomic E-state index is -0.749. The molecule has 3 heteroatoms. The Bertz CT molecular complexity index is 433. The standard InChI is InChI=1S/C14H18O3/c1-9(2)17-14(16)13(15)8-12-7-10(3)5-6-11(12)4/h5-7,9H,8H2,1-4H3. The number of ether oxygens (including phenoxy) is 1. The molecule has 0 amide bonds. The summed E-state index contributed by atoms with van der Waals surface area (Å²) in [6.07, 6.45) is -0.149. The van der Waals surface area contributed by atoms with Crippen LogP contribution in [0.4, 0.5) is 0 Å². The average Bonchev–Trinajstić information content (AvgIpc) is 2.22. The van der Waals surface area contributed by atoms with E-state index in [1.165, 1.54) is 0 Å². The Kier molecular flexibility index (Phi) is 4.44. The molecule has 0 saturated heterocycles. The van der Waals surface area contributed by atoms with Crippen LogP contribution in [0, 0.1) is 13.8 Å². The molecule has 0 aromatic heterocycles. The lowest BCUT2D eigenvalue weighted by molar-refractivity contribution is -0.156. The van der Waals surface area contributed by atoms with Crippen molar-refractivity contribution in [1.82, 2.24) is 0 Å². The summed E-state index contributed by atoms with van der Waals surface area (Å²) < 4.78 is 4.87. The monoisotopic (exact) mass is 234 g/mol. The molecule has 0 aliphatic heterocycles. The molecule has 0 radical (unpaired) electrons. The largest absolute Gasteiger partial charge is 0.457 e. The molecule has 92 valence electrons. The van der Waals surface area contributed by atoms with E-state index in [2.05, 4.69) is 0 Å². The molecular weight excluding hydrogens is 216 g/mol. The van der Waals surface area contributed by atoms with Crippen molar-refractivity contribution in [2.24, 2.45) is 0 Å². The summed E-state index contributed by atoms with van der Waals surface area (Å²) in [5, 5.41) is 0. The third-order valence-electron chi connectivity index (χ3n) is 2.43. The van der Waals surface area contributed by atoms with Gasteiger partial charge in [-0.1, -0.05) is 23.8 Å². The number of esters is 1. The lowest BCUT2D eigenvalue weighted by atomic mass is 10.0. The predicted molar refractivity (Wildman–Crippen MR) is 65.9 cm³/mol. The maximum atomic E-state index is 11.6. The third kappa shape index (κ3) is 4.02. The average molecular weight is 234 g/mol. The summed E-state index contributed by atoms with van der Waals surface area (Å²) in [6, 6.07) is 5.86. The molecule has 0 fully saturated rings. The van der Waals surface area contributed by atoms with Gasteiger partial charge in [-0.05, 0) is 38.8 Å². The first-order valence-corrected chi connectivity index (χ1v) is 5.70. The summed E-state index contributed by atoms with van der Waals surface area (Å²) in [5.41, 5.74) is 2.98. The van der Waals surface area contributed by atoms with Crippen LogP contribution in [-0.4, -0.2) is 17.9 Å². The first kappa shape index (κ1) is 13.4. The second-order valence-corrected chi connectivity index (χ2v) is 4.48. The van der Waals surface area contributed by atoms with Gasteiger partial charge in [0.25, 0.3) is 0 Å². The van der Waals surface area contributed by atoms with Gasteiger partial charge in [-0.2, -0.15) is 0 Å². The lowest BCUT2D eigenvalue weighted by Gasteiger charge is -2.08. The maximum absolute atomic E-state index is 11.6. The minimum absolute atomic E-state index is 0.110. The van der Waals surface area contributed by atoms with Crippen LogP contribution in [0.15, 0.2) is 18.2 Å². The fourth-order valence-corrected chi connectivity index (χ4v) is 1.52. The number of ketones is 1. The van der Waals surface area contributed by atoms with Crippen molar-refractivity contribution < 1.29 is 14.3 Å². The Morgan fingerprint density at radius 1 is 1.24 bits per heavy atom. The van der Waals surface area contributed by atoms with E-state index in [9.17, 15) is 9.59 Å². The molecule has 0 unspecified atom stereocenters. The van der Waals surface area contributed by atoms with Crippen molar-refractivity contribution in [1.29, 1.82) is 0 Å². The Morgan fingerprint density at radius 2 is 1.88 bits per heavy atom. The number of hydrogen-bond acceptors (Lipinski definition) is 3. The normalized spacial score (nSPS) is 10.4. The third-order valence-corrected chi connectivity index (χ3v) is 2.43. The van der Waals surface area contributed by atoms with Gasteiger partial charge in [0, 0.05) is 6.42 Å². The molecule has 0 saturated carbocycles. The quantitative estimate of drug-likeness (QED) is 0.593. The van der Waals surface area contributed by atoms with Gasteiger partial charge in [0.1, 0.15) is 0 Å². The van der Waals surface area contributed by atoms with Gasteiger partial charge in [0.2, 0.25) is 5.78 Å². The second-order valence-electron chi connectivity index (χ2n) is 4.48. The molecule has 0 atom stereocenters. The number of benzene rings is 1. The zero-order chi connectivity index (χ0) is 13.0. The van der Waals surface area contributed by atoms with Gasteiger partial charge in [-0.25, -0.2) is 4.79 Å². The SMILES string of the molecule is Cc1ccc(C)c(CC(=O)C(=O)OC(C)C)c1. The fourth-order valence-electron chi connectivity index (χ4n) is 1.52. The summed E-state index contributed by atoms with van der Waals surface area (Å²) >= 11 is 0. The van der Waals surface area contributed by atoms with Crippen molar-refractivity contribution in [3.63, 3.8) is 0 Å². The van der Waals surface area contributed by atoms with Crippen LogP contribution in [0.5, 0.6) is 0 Å². The van der Waals surface area contributed by atoms with E-state index in [0.717, 1.165) is 16.7 Å². The predicted octanol–water partition coefficient (Wildman–Crippen LogP) is 2.37. The van der Waals surface area contributed by atoms with Crippen LogP contribution >= 0.6 is 0 Å². The Morgan fingerprint density at radius 3 is 2.47 bits per heavy atom. The van der Waals surface area contributed by atoms with E-state index in [-0.39, 0.29) is 12.5 Å². The van der Waals surface area contributed by atoms with Gasteiger partial charge in [0.15, 0.2) is 0 Å². The number of carbonyl (C=O) groups is 2. The molecular formula is C14H18O3. The first-order valence-electron chi connectivity index (χ1n) is 5.70. The molecule has 0 aliphatic carbocycles. The van der Waals surface area contributed by atoms with Crippen LogP contribution in [-0.2, 0) is 20.7 Å². The molecule has 0 aliphatic rings. The van der Waals surface area contributed by atoms with Crippen LogP contribution < -0.4 is 0 Å². The number of carbonyl (C=O) groups excluding carboxylic acids is 2. The van der Waals surface area contributed by atoms with Gasteiger partial charge >= 0.3 is 5.97 Å². The fraction of sp³-hybridized carbons (Fsp3) is 0.429. The van der Waals surface area contributed by atoms with Crippen molar-refractivity contribution in [2.75, 3.05) is 0 Å². The van der Waals surface area contributed by atoms with Gasteiger partial charge in [-0.3, -0.25) is 4.79 Å². The van der Waals surface area contributed by atoms with Crippen LogP contribution in [0.3, 0.4) is 0 Å². The highest BCUT2D eigenvalue weighted by Gasteiger charge is 2.18. The topological polar surface area (TPSA) is 43.4 Å². The van der Waals surface area contributed by atoms with Crippen molar-refractivity contribution in [3.05, 3.63) is 34.9 Å². The molecule has 17 heavy (non-hydrogen) atoms. The van der Waals surface area contributed by atoms with Crippen LogP contribution in [0.1, 0.15) is 30.5 Å². The number of Topliss-reactive ketones (excluding diaryl/α,β-unsaturated/α-hetero) is 1. The summed E-state index contributed by atoms with van der Waals surface area (Å²) in [4.78, 5) is 23.0. The van der Waals surface area contributed by atoms with E-state index in [1.54, 1.807) is 13.8 Å². The molecule has 0 bridgehead atoms.